The van der Waals surface area contributed by atoms with Crippen LogP contribution in [0.2, 0.25) is 0 Å². The number of benzene rings is 1. The van der Waals surface area contributed by atoms with Crippen LogP contribution >= 0.6 is 0 Å². The highest BCUT2D eigenvalue weighted by atomic mass is 19.1. The van der Waals surface area contributed by atoms with Crippen molar-refractivity contribution >= 4 is 11.9 Å². The van der Waals surface area contributed by atoms with Crippen LogP contribution in [-0.2, 0) is 14.3 Å². The number of nitrogens with zero attached hydrogens (tertiary/aromatic N) is 3. The summed E-state index contributed by atoms with van der Waals surface area (Å²) >= 11 is 0. The Morgan fingerprint density at radius 3 is 2.62 bits per heavy atom. The SMILES string of the molecule is CCCNc1nccc(-c2[nH]c(C3OCC(C)(CNC(C)=O)CO3)nc2-c2ccc(F)cc2)n1. The van der Waals surface area contributed by atoms with E-state index in [4.69, 9.17) is 14.5 Å². The Kier molecular flexibility index (Phi) is 7.18. The van der Waals surface area contributed by atoms with Gasteiger partial charge in [0.1, 0.15) is 5.82 Å². The number of carbonyl (C=O) groups excluding carboxylic acids is 1. The molecule has 1 fully saturated rings. The van der Waals surface area contributed by atoms with Gasteiger partial charge in [-0.2, -0.15) is 0 Å². The van der Waals surface area contributed by atoms with Gasteiger partial charge in [0.05, 0.1) is 30.3 Å². The van der Waals surface area contributed by atoms with Crippen molar-refractivity contribution in [1.29, 1.82) is 0 Å². The van der Waals surface area contributed by atoms with Gasteiger partial charge in [-0.05, 0) is 36.8 Å². The Bertz CT molecular complexity index is 1130. The Balaban J connectivity index is 1.63. The monoisotopic (exact) mass is 468 g/mol. The van der Waals surface area contributed by atoms with E-state index in [1.807, 2.05) is 6.92 Å². The number of hydrogen-bond donors (Lipinski definition) is 3. The third-order valence-corrected chi connectivity index (χ3v) is 5.44. The summed E-state index contributed by atoms with van der Waals surface area (Å²) in [6, 6.07) is 7.91. The van der Waals surface area contributed by atoms with Crippen molar-refractivity contribution in [3.8, 4) is 22.6 Å². The molecular weight excluding hydrogens is 439 g/mol. The number of anilines is 1. The first-order chi connectivity index (χ1) is 16.4. The lowest BCUT2D eigenvalue weighted by Crippen LogP contribution is -2.45. The summed E-state index contributed by atoms with van der Waals surface area (Å²) in [5, 5.41) is 6.00. The Morgan fingerprint density at radius 2 is 1.94 bits per heavy atom. The van der Waals surface area contributed by atoms with Gasteiger partial charge >= 0.3 is 0 Å². The molecule has 0 bridgehead atoms. The quantitative estimate of drug-likeness (QED) is 0.462. The summed E-state index contributed by atoms with van der Waals surface area (Å²) in [6.07, 6.45) is 1.91. The number of rotatable bonds is 8. The van der Waals surface area contributed by atoms with E-state index in [9.17, 15) is 9.18 Å². The van der Waals surface area contributed by atoms with Crippen molar-refractivity contribution in [3.63, 3.8) is 0 Å². The number of H-pyrrole nitrogens is 1. The van der Waals surface area contributed by atoms with Crippen molar-refractivity contribution in [3.05, 3.63) is 48.2 Å². The number of nitrogens with one attached hydrogen (secondary N) is 3. The number of halogens is 1. The molecule has 180 valence electrons. The van der Waals surface area contributed by atoms with Crippen LogP contribution in [0.15, 0.2) is 36.5 Å². The lowest BCUT2D eigenvalue weighted by Gasteiger charge is -2.36. The first-order valence-corrected chi connectivity index (χ1v) is 11.3. The van der Waals surface area contributed by atoms with Crippen LogP contribution in [0.25, 0.3) is 22.6 Å². The fourth-order valence-corrected chi connectivity index (χ4v) is 3.57. The minimum atomic E-state index is -0.710. The summed E-state index contributed by atoms with van der Waals surface area (Å²) in [4.78, 5) is 28.2. The highest BCUT2D eigenvalue weighted by Gasteiger charge is 2.35. The number of aromatic amines is 1. The van der Waals surface area contributed by atoms with Gasteiger partial charge < -0.3 is 25.1 Å². The van der Waals surface area contributed by atoms with Gasteiger partial charge in [0.2, 0.25) is 18.1 Å². The molecule has 2 aromatic heterocycles. The summed E-state index contributed by atoms with van der Waals surface area (Å²) in [5.74, 6) is 0.573. The molecule has 0 unspecified atom stereocenters. The Labute approximate surface area is 197 Å². The van der Waals surface area contributed by atoms with Gasteiger partial charge in [0.15, 0.2) is 5.82 Å². The fraction of sp³-hybridized carbons (Fsp3) is 0.417. The van der Waals surface area contributed by atoms with E-state index < -0.39 is 6.29 Å². The largest absolute Gasteiger partial charge is 0.356 e. The van der Waals surface area contributed by atoms with Crippen molar-refractivity contribution in [2.75, 3.05) is 31.6 Å². The average molecular weight is 469 g/mol. The Hall–Kier alpha value is -3.37. The first kappa shape index (κ1) is 23.8. The van der Waals surface area contributed by atoms with Crippen LogP contribution in [-0.4, -0.2) is 52.1 Å². The highest BCUT2D eigenvalue weighted by molar-refractivity contribution is 5.77. The minimum absolute atomic E-state index is 0.0967. The number of imidazole rings is 1. The van der Waals surface area contributed by atoms with Crippen LogP contribution in [0.3, 0.4) is 0 Å². The normalized spacial score (nSPS) is 20.2. The second kappa shape index (κ2) is 10.3. The van der Waals surface area contributed by atoms with Crippen LogP contribution in [0.5, 0.6) is 0 Å². The predicted octanol–water partition coefficient (Wildman–Crippen LogP) is 3.68. The zero-order valence-corrected chi connectivity index (χ0v) is 19.5. The van der Waals surface area contributed by atoms with Crippen LogP contribution in [0.1, 0.15) is 39.3 Å². The lowest BCUT2D eigenvalue weighted by atomic mass is 9.92. The van der Waals surface area contributed by atoms with Crippen molar-refractivity contribution in [1.82, 2.24) is 25.3 Å². The van der Waals surface area contributed by atoms with E-state index >= 15 is 0 Å². The van der Waals surface area contributed by atoms with Gasteiger partial charge in [-0.25, -0.2) is 19.3 Å². The molecule has 4 rings (SSSR count). The maximum Gasteiger partial charge on any atom is 0.223 e. The van der Waals surface area contributed by atoms with E-state index in [-0.39, 0.29) is 17.1 Å². The smallest absolute Gasteiger partial charge is 0.223 e. The summed E-state index contributed by atoms with van der Waals surface area (Å²) in [5.41, 5.74) is 2.28. The third kappa shape index (κ3) is 5.57. The zero-order chi connectivity index (χ0) is 24.1. The zero-order valence-electron chi connectivity index (χ0n) is 19.5. The topological polar surface area (TPSA) is 114 Å². The van der Waals surface area contributed by atoms with Crippen molar-refractivity contribution in [2.45, 2.75) is 33.5 Å². The van der Waals surface area contributed by atoms with E-state index in [1.54, 1.807) is 24.4 Å². The number of carbonyl (C=O) groups is 1. The molecule has 0 spiro atoms. The molecule has 3 aromatic rings. The molecule has 1 saturated heterocycles. The summed E-state index contributed by atoms with van der Waals surface area (Å²) < 4.78 is 25.5. The standard InChI is InChI=1S/C24H29FN6O3/c1-4-10-26-23-27-11-9-18(29-23)20-19(16-5-7-17(25)8-6-16)30-21(31-20)22-33-13-24(3,14-34-22)12-28-15(2)32/h5-9,11,22H,4,10,12-14H2,1-3H3,(H,28,32)(H,30,31)(H,26,27,29). The molecule has 1 aliphatic heterocycles. The lowest BCUT2D eigenvalue weighted by molar-refractivity contribution is -0.232. The van der Waals surface area contributed by atoms with Gasteiger partial charge in [-0.15, -0.1) is 0 Å². The van der Waals surface area contributed by atoms with Gasteiger partial charge in [-0.1, -0.05) is 13.8 Å². The minimum Gasteiger partial charge on any atom is -0.356 e. The molecular formula is C24H29FN6O3. The second-order valence-electron chi connectivity index (χ2n) is 8.72. The number of hydrogen-bond acceptors (Lipinski definition) is 7. The first-order valence-electron chi connectivity index (χ1n) is 11.3. The highest BCUT2D eigenvalue weighted by Crippen LogP contribution is 2.35. The molecule has 3 heterocycles. The van der Waals surface area contributed by atoms with E-state index in [2.05, 4.69) is 32.5 Å². The molecule has 1 aliphatic rings. The second-order valence-corrected chi connectivity index (χ2v) is 8.72. The summed E-state index contributed by atoms with van der Waals surface area (Å²) in [7, 11) is 0. The molecule has 34 heavy (non-hydrogen) atoms. The van der Waals surface area contributed by atoms with Gasteiger partial charge in [0, 0.05) is 37.2 Å². The molecule has 9 nitrogen and oxygen atoms in total. The molecule has 0 saturated carbocycles. The van der Waals surface area contributed by atoms with E-state index in [0.29, 0.717) is 48.6 Å². The molecule has 0 radical (unpaired) electrons. The molecule has 3 N–H and O–H groups in total. The van der Waals surface area contributed by atoms with Gasteiger partial charge in [-0.3, -0.25) is 4.79 Å². The van der Waals surface area contributed by atoms with Crippen LogP contribution < -0.4 is 10.6 Å². The molecule has 0 atom stereocenters. The van der Waals surface area contributed by atoms with Crippen LogP contribution in [0, 0.1) is 11.2 Å². The molecule has 0 aliphatic carbocycles. The maximum atomic E-state index is 13.6. The predicted molar refractivity (Wildman–Crippen MR) is 125 cm³/mol. The number of amides is 1. The summed E-state index contributed by atoms with van der Waals surface area (Å²) in [6.45, 7) is 7.51. The maximum absolute atomic E-state index is 13.6. The molecule has 10 heteroatoms. The van der Waals surface area contributed by atoms with Gasteiger partial charge in [0.25, 0.3) is 0 Å². The van der Waals surface area contributed by atoms with Crippen LogP contribution in [0.4, 0.5) is 10.3 Å². The van der Waals surface area contributed by atoms with Crippen molar-refractivity contribution in [2.24, 2.45) is 5.41 Å². The third-order valence-electron chi connectivity index (χ3n) is 5.44. The number of aromatic nitrogens is 4. The van der Waals surface area contributed by atoms with Crippen molar-refractivity contribution < 1.29 is 18.7 Å². The molecule has 1 amide bonds. The average Bonchev–Trinajstić information content (AvgIpc) is 3.28. The van der Waals surface area contributed by atoms with E-state index in [0.717, 1.165) is 18.5 Å². The Morgan fingerprint density at radius 1 is 1.21 bits per heavy atom. The van der Waals surface area contributed by atoms with E-state index in [1.165, 1.54) is 19.1 Å². The fourth-order valence-electron chi connectivity index (χ4n) is 3.57. The molecule has 1 aromatic carbocycles. The number of ether oxygens (including phenoxy) is 2.